The Kier molecular flexibility index (Phi) is 7.11. The second-order valence-electron chi connectivity index (χ2n) is 5.01. The lowest BCUT2D eigenvalue weighted by atomic mass is 10.3. The quantitative estimate of drug-likeness (QED) is 0.328. The summed E-state index contributed by atoms with van der Waals surface area (Å²) in [6.45, 7) is 16.6. The highest BCUT2D eigenvalue weighted by Crippen LogP contribution is 2.23. The summed E-state index contributed by atoms with van der Waals surface area (Å²) in [7, 11) is 0. The average molecular weight is 256 g/mol. The van der Waals surface area contributed by atoms with Gasteiger partial charge in [0, 0.05) is 17.0 Å². The molecular formula is C12H24N4S. The zero-order valence-electron chi connectivity index (χ0n) is 11.8. The normalized spacial score (nSPS) is 13.5. The molecule has 98 valence electrons. The van der Waals surface area contributed by atoms with Gasteiger partial charge in [0.15, 0.2) is 0 Å². The average Bonchev–Trinajstić information content (AvgIpc) is 2.20. The Balaban J connectivity index is 4.34. The van der Waals surface area contributed by atoms with Gasteiger partial charge in [-0.1, -0.05) is 0 Å². The standard InChI is InChI=1S/C12H24N4S/c1-10(2)16(15-11(3)13-7)9-8-14-17-12(4,5)6/h8,10H,7,9H2,1-6H3/b14-8?,15-11-. The third-order valence-electron chi connectivity index (χ3n) is 1.77. The van der Waals surface area contributed by atoms with E-state index in [1.807, 2.05) is 18.1 Å². The van der Waals surface area contributed by atoms with Gasteiger partial charge >= 0.3 is 0 Å². The van der Waals surface area contributed by atoms with Crippen LogP contribution < -0.4 is 0 Å². The molecule has 0 spiro atoms. The molecule has 0 aliphatic heterocycles. The first kappa shape index (κ1) is 16.2. The second kappa shape index (κ2) is 7.48. The van der Waals surface area contributed by atoms with Crippen LogP contribution in [-0.4, -0.2) is 41.1 Å². The molecule has 0 heterocycles. The van der Waals surface area contributed by atoms with E-state index in [0.717, 1.165) is 0 Å². The maximum absolute atomic E-state index is 4.35. The van der Waals surface area contributed by atoms with E-state index in [9.17, 15) is 0 Å². The van der Waals surface area contributed by atoms with Gasteiger partial charge in [-0.3, -0.25) is 5.01 Å². The molecule has 0 unspecified atom stereocenters. The molecule has 0 aromatic heterocycles. The number of hydrogen-bond acceptors (Lipinski definition) is 4. The van der Waals surface area contributed by atoms with Crippen LogP contribution in [0.15, 0.2) is 14.5 Å². The molecule has 5 heteroatoms. The van der Waals surface area contributed by atoms with Crippen LogP contribution in [0.2, 0.25) is 0 Å². The van der Waals surface area contributed by atoms with E-state index in [1.54, 1.807) is 11.9 Å². The molecule has 0 aromatic rings. The van der Waals surface area contributed by atoms with E-state index >= 15 is 0 Å². The first-order chi connectivity index (χ1) is 7.76. The first-order valence-electron chi connectivity index (χ1n) is 5.75. The number of hydrogen-bond donors (Lipinski definition) is 0. The van der Waals surface area contributed by atoms with Crippen LogP contribution in [0.5, 0.6) is 0 Å². The Bertz CT molecular complexity index is 289. The SMILES string of the molecule is C=N/C(C)=N\N(CC=NSC(C)(C)C)C(C)C. The van der Waals surface area contributed by atoms with Gasteiger partial charge in [-0.05, 0) is 60.2 Å². The number of amidine groups is 1. The summed E-state index contributed by atoms with van der Waals surface area (Å²) in [6.07, 6.45) is 1.88. The van der Waals surface area contributed by atoms with Crippen molar-refractivity contribution >= 4 is 30.7 Å². The monoisotopic (exact) mass is 256 g/mol. The first-order valence-corrected chi connectivity index (χ1v) is 6.52. The maximum atomic E-state index is 4.35. The molecule has 0 fully saturated rings. The molecule has 0 aliphatic rings. The fraction of sp³-hybridized carbons (Fsp3) is 0.750. The Morgan fingerprint density at radius 2 is 2.00 bits per heavy atom. The van der Waals surface area contributed by atoms with Crippen LogP contribution in [0.25, 0.3) is 0 Å². The Morgan fingerprint density at radius 3 is 2.41 bits per heavy atom. The topological polar surface area (TPSA) is 40.3 Å². The number of aliphatic imine (C=N–C) groups is 1. The van der Waals surface area contributed by atoms with Crippen LogP contribution in [0.1, 0.15) is 41.5 Å². The molecule has 0 aromatic carbocycles. The highest BCUT2D eigenvalue weighted by Gasteiger charge is 2.09. The fourth-order valence-corrected chi connectivity index (χ4v) is 1.35. The molecule has 0 atom stereocenters. The maximum Gasteiger partial charge on any atom is 0.144 e. The minimum Gasteiger partial charge on any atom is -0.287 e. The second-order valence-corrected chi connectivity index (χ2v) is 6.63. The molecule has 0 saturated heterocycles. The predicted molar refractivity (Wildman–Crippen MR) is 80.3 cm³/mol. The van der Waals surface area contributed by atoms with Crippen molar-refractivity contribution in [1.82, 2.24) is 5.01 Å². The van der Waals surface area contributed by atoms with E-state index in [1.165, 1.54) is 0 Å². The Morgan fingerprint density at radius 1 is 1.41 bits per heavy atom. The van der Waals surface area contributed by atoms with Crippen molar-refractivity contribution in [2.24, 2.45) is 14.5 Å². The summed E-state index contributed by atoms with van der Waals surface area (Å²) in [5.74, 6) is 0.676. The molecule has 0 bridgehead atoms. The van der Waals surface area contributed by atoms with Crippen molar-refractivity contribution in [3.63, 3.8) is 0 Å². The molecule has 4 nitrogen and oxygen atoms in total. The summed E-state index contributed by atoms with van der Waals surface area (Å²) >= 11 is 1.57. The van der Waals surface area contributed by atoms with E-state index in [0.29, 0.717) is 18.4 Å². The van der Waals surface area contributed by atoms with Crippen LogP contribution in [0.4, 0.5) is 0 Å². The van der Waals surface area contributed by atoms with Gasteiger partial charge in [0.1, 0.15) is 5.84 Å². The van der Waals surface area contributed by atoms with Crippen molar-refractivity contribution in [2.75, 3.05) is 6.54 Å². The predicted octanol–water partition coefficient (Wildman–Crippen LogP) is 3.25. The van der Waals surface area contributed by atoms with Crippen molar-refractivity contribution < 1.29 is 0 Å². The Labute approximate surface area is 109 Å². The molecular weight excluding hydrogens is 232 g/mol. The van der Waals surface area contributed by atoms with Gasteiger partial charge in [-0.25, -0.2) is 9.39 Å². The Hall–Kier alpha value is -0.840. The van der Waals surface area contributed by atoms with Crippen molar-refractivity contribution in [1.29, 1.82) is 0 Å². The summed E-state index contributed by atoms with van der Waals surface area (Å²) in [5, 5.41) is 6.29. The van der Waals surface area contributed by atoms with Gasteiger partial charge in [-0.15, -0.1) is 0 Å². The lowest BCUT2D eigenvalue weighted by Crippen LogP contribution is -2.28. The molecule has 0 saturated carbocycles. The van der Waals surface area contributed by atoms with Gasteiger partial charge < -0.3 is 0 Å². The van der Waals surface area contributed by atoms with E-state index < -0.39 is 0 Å². The third kappa shape index (κ3) is 8.92. The number of hydrazone groups is 1. The van der Waals surface area contributed by atoms with Gasteiger partial charge in [0.2, 0.25) is 0 Å². The van der Waals surface area contributed by atoms with Crippen molar-refractivity contribution in [2.45, 2.75) is 52.3 Å². The summed E-state index contributed by atoms with van der Waals surface area (Å²) in [5.41, 5.74) is 0. The summed E-state index contributed by atoms with van der Waals surface area (Å²) < 4.78 is 4.49. The lowest BCUT2D eigenvalue weighted by molar-refractivity contribution is 0.268. The largest absolute Gasteiger partial charge is 0.287 e. The molecule has 0 N–H and O–H groups in total. The van der Waals surface area contributed by atoms with E-state index in [2.05, 4.69) is 55.8 Å². The van der Waals surface area contributed by atoms with Crippen LogP contribution in [-0.2, 0) is 0 Å². The lowest BCUT2D eigenvalue weighted by Gasteiger charge is -2.21. The summed E-state index contributed by atoms with van der Waals surface area (Å²) in [4.78, 5) is 3.79. The minimum absolute atomic E-state index is 0.154. The van der Waals surface area contributed by atoms with E-state index in [-0.39, 0.29) is 4.75 Å². The number of rotatable bonds is 5. The smallest absolute Gasteiger partial charge is 0.144 e. The van der Waals surface area contributed by atoms with E-state index in [4.69, 9.17) is 0 Å². The fourth-order valence-electron chi connectivity index (χ4n) is 0.897. The van der Waals surface area contributed by atoms with Crippen molar-refractivity contribution in [3.05, 3.63) is 0 Å². The van der Waals surface area contributed by atoms with Crippen LogP contribution in [0, 0.1) is 0 Å². The molecule has 0 radical (unpaired) electrons. The number of nitrogens with zero attached hydrogens (tertiary/aromatic N) is 4. The minimum atomic E-state index is 0.154. The molecule has 17 heavy (non-hydrogen) atoms. The zero-order valence-corrected chi connectivity index (χ0v) is 12.6. The van der Waals surface area contributed by atoms with Gasteiger partial charge in [-0.2, -0.15) is 5.10 Å². The molecule has 0 aliphatic carbocycles. The summed E-state index contributed by atoms with van der Waals surface area (Å²) in [6, 6.07) is 0.317. The third-order valence-corrected chi connectivity index (χ3v) is 2.57. The van der Waals surface area contributed by atoms with Gasteiger partial charge in [0.05, 0.1) is 6.54 Å². The molecule has 0 amide bonds. The van der Waals surface area contributed by atoms with Crippen LogP contribution in [0.3, 0.4) is 0 Å². The highest BCUT2D eigenvalue weighted by molar-refractivity contribution is 7.99. The van der Waals surface area contributed by atoms with Crippen LogP contribution >= 0.6 is 11.9 Å². The zero-order chi connectivity index (χ0) is 13.5. The van der Waals surface area contributed by atoms with Gasteiger partial charge in [0.25, 0.3) is 0 Å². The van der Waals surface area contributed by atoms with Crippen molar-refractivity contribution in [3.8, 4) is 0 Å². The molecule has 0 rings (SSSR count). The highest BCUT2D eigenvalue weighted by atomic mass is 32.2.